The monoisotopic (exact) mass is 304 g/mol. The van der Waals surface area contributed by atoms with E-state index in [4.69, 9.17) is 0 Å². The molecule has 3 heteroatoms. The summed E-state index contributed by atoms with van der Waals surface area (Å²) in [5.41, 5.74) is 2.66. The van der Waals surface area contributed by atoms with Crippen molar-refractivity contribution in [2.75, 3.05) is 7.11 Å². The maximum atomic E-state index is 13.9. The minimum absolute atomic E-state index is 0.0174. The Balaban J connectivity index is 0.00000116. The van der Waals surface area contributed by atoms with E-state index in [1.54, 1.807) is 6.07 Å². The summed E-state index contributed by atoms with van der Waals surface area (Å²) < 4.78 is 18.4. The van der Waals surface area contributed by atoms with Crippen molar-refractivity contribution in [3.8, 4) is 0 Å². The highest BCUT2D eigenvalue weighted by molar-refractivity contribution is 5.72. The van der Waals surface area contributed by atoms with Gasteiger partial charge in [0.25, 0.3) is 0 Å². The van der Waals surface area contributed by atoms with Crippen LogP contribution in [0.2, 0.25) is 0 Å². The number of benzene rings is 1. The van der Waals surface area contributed by atoms with Crippen LogP contribution in [0.15, 0.2) is 42.0 Å². The number of halogens is 1. The highest BCUT2D eigenvalue weighted by atomic mass is 19.1. The Hall–Kier alpha value is -1.90. The van der Waals surface area contributed by atoms with Crippen molar-refractivity contribution >= 4 is 5.97 Å². The molecule has 22 heavy (non-hydrogen) atoms. The van der Waals surface area contributed by atoms with Gasteiger partial charge in [0, 0.05) is 0 Å². The number of aryl methyl sites for hydroxylation is 1. The smallest absolute Gasteiger partial charge is 0.310 e. The molecule has 0 radical (unpaired) electrons. The molecular formula is C19H25FO2. The van der Waals surface area contributed by atoms with E-state index >= 15 is 0 Å². The minimum Gasteiger partial charge on any atom is -0.469 e. The highest BCUT2D eigenvalue weighted by Crippen LogP contribution is 2.18. The molecular weight excluding hydrogens is 279 g/mol. The molecule has 0 atom stereocenters. The van der Waals surface area contributed by atoms with Crippen molar-refractivity contribution in [1.29, 1.82) is 0 Å². The van der Waals surface area contributed by atoms with Gasteiger partial charge in [0.2, 0.25) is 0 Å². The van der Waals surface area contributed by atoms with Crippen molar-refractivity contribution in [1.82, 2.24) is 0 Å². The Labute approximate surface area is 132 Å². The van der Waals surface area contributed by atoms with E-state index in [2.05, 4.69) is 23.0 Å². The Morgan fingerprint density at radius 2 is 2.00 bits per heavy atom. The number of methoxy groups -OCH3 is 1. The summed E-state index contributed by atoms with van der Waals surface area (Å²) in [6.45, 7) is 4.00. The Morgan fingerprint density at radius 3 is 2.59 bits per heavy atom. The molecule has 0 fully saturated rings. The van der Waals surface area contributed by atoms with Crippen LogP contribution in [0.3, 0.4) is 0 Å². The number of hydrogen-bond acceptors (Lipinski definition) is 2. The van der Waals surface area contributed by atoms with Gasteiger partial charge in [-0.25, -0.2) is 4.39 Å². The third kappa shape index (κ3) is 5.84. The van der Waals surface area contributed by atoms with Gasteiger partial charge in [0.05, 0.1) is 13.5 Å². The van der Waals surface area contributed by atoms with Crippen molar-refractivity contribution < 1.29 is 13.9 Å². The topological polar surface area (TPSA) is 26.3 Å². The van der Waals surface area contributed by atoms with Crippen molar-refractivity contribution in [3.05, 3.63) is 58.9 Å². The number of ether oxygens (including phenoxy) is 1. The van der Waals surface area contributed by atoms with E-state index in [9.17, 15) is 9.18 Å². The molecule has 2 nitrogen and oxygen atoms in total. The van der Waals surface area contributed by atoms with E-state index in [-0.39, 0.29) is 12.2 Å². The lowest BCUT2D eigenvalue weighted by atomic mass is 9.98. The normalized spacial score (nSPS) is 13.0. The number of hydrogen-bond donors (Lipinski definition) is 0. The molecule has 0 amide bonds. The number of rotatable bonds is 5. The Kier molecular flexibility index (Phi) is 8.19. The molecule has 0 saturated carbocycles. The van der Waals surface area contributed by atoms with Crippen LogP contribution >= 0.6 is 0 Å². The maximum absolute atomic E-state index is 13.9. The fourth-order valence-corrected chi connectivity index (χ4v) is 2.26. The van der Waals surface area contributed by atoms with Gasteiger partial charge < -0.3 is 4.74 Å². The second kappa shape index (κ2) is 9.93. The minimum atomic E-state index is -0.422. The molecule has 1 aromatic rings. The number of carbonyl (C=O) groups is 1. The zero-order chi connectivity index (χ0) is 16.4. The Bertz CT molecular complexity index is 544. The fraction of sp³-hybridized carbons (Fsp3) is 0.421. The first-order valence-electron chi connectivity index (χ1n) is 7.88. The van der Waals surface area contributed by atoms with Crippen molar-refractivity contribution in [2.24, 2.45) is 0 Å². The second-order valence-corrected chi connectivity index (χ2v) is 4.94. The van der Waals surface area contributed by atoms with Crippen LogP contribution in [0.4, 0.5) is 4.39 Å². The molecule has 0 unspecified atom stereocenters. The van der Waals surface area contributed by atoms with Gasteiger partial charge in [-0.3, -0.25) is 4.79 Å². The molecule has 0 saturated heterocycles. The molecule has 0 spiro atoms. The summed E-state index contributed by atoms with van der Waals surface area (Å²) in [5.74, 6) is -0.754. The number of carbonyl (C=O) groups excluding carboxylic acids is 1. The summed E-state index contributed by atoms with van der Waals surface area (Å²) in [5, 5.41) is 0. The van der Waals surface area contributed by atoms with E-state index in [0.717, 1.165) is 31.2 Å². The van der Waals surface area contributed by atoms with Gasteiger partial charge in [0.1, 0.15) is 5.82 Å². The van der Waals surface area contributed by atoms with E-state index in [0.29, 0.717) is 5.56 Å². The van der Waals surface area contributed by atoms with Crippen LogP contribution in [0.1, 0.15) is 44.2 Å². The second-order valence-electron chi connectivity index (χ2n) is 4.94. The van der Waals surface area contributed by atoms with Gasteiger partial charge in [-0.05, 0) is 42.9 Å². The molecule has 0 aromatic heterocycles. The lowest BCUT2D eigenvalue weighted by Gasteiger charge is -2.08. The summed E-state index contributed by atoms with van der Waals surface area (Å²) >= 11 is 0. The molecule has 1 aromatic carbocycles. The van der Waals surface area contributed by atoms with E-state index in [1.165, 1.54) is 18.7 Å². The van der Waals surface area contributed by atoms with E-state index in [1.807, 2.05) is 19.9 Å². The highest BCUT2D eigenvalue weighted by Gasteiger charge is 2.09. The third-order valence-electron chi connectivity index (χ3n) is 3.45. The van der Waals surface area contributed by atoms with Crippen LogP contribution in [0.25, 0.3) is 0 Å². The third-order valence-corrected chi connectivity index (χ3v) is 3.45. The van der Waals surface area contributed by atoms with Crippen LogP contribution in [0, 0.1) is 5.82 Å². The van der Waals surface area contributed by atoms with Gasteiger partial charge in [-0.2, -0.15) is 0 Å². The molecule has 0 aliphatic heterocycles. The molecule has 0 heterocycles. The van der Waals surface area contributed by atoms with Crippen molar-refractivity contribution in [2.45, 2.75) is 46.0 Å². The lowest BCUT2D eigenvalue weighted by molar-refractivity contribution is -0.139. The summed E-state index contributed by atoms with van der Waals surface area (Å²) in [6, 6.07) is 5.08. The average molecular weight is 304 g/mol. The molecule has 1 aliphatic carbocycles. The van der Waals surface area contributed by atoms with Gasteiger partial charge in [-0.1, -0.05) is 49.8 Å². The molecule has 0 N–H and O–H groups in total. The zero-order valence-electron chi connectivity index (χ0n) is 13.7. The van der Waals surface area contributed by atoms with E-state index < -0.39 is 5.97 Å². The average Bonchev–Trinajstić information content (AvgIpc) is 2.58. The number of esters is 1. The largest absolute Gasteiger partial charge is 0.469 e. The predicted octanol–water partition coefficient (Wildman–Crippen LogP) is 4.78. The first kappa shape index (κ1) is 18.1. The standard InChI is InChI=1S/C17H19FO2.C2H6/c1-20-17(19)12-15-10-9-14(11-16(15)18)8-7-13-5-3-2-4-6-13;1-2/h3,5-6,9-11H,2,4,7-8,12H2,1H3;1-2H3. The van der Waals surface area contributed by atoms with Crippen LogP contribution in [-0.4, -0.2) is 13.1 Å². The zero-order valence-corrected chi connectivity index (χ0v) is 13.7. The summed E-state index contributed by atoms with van der Waals surface area (Å²) in [7, 11) is 1.31. The molecule has 0 bridgehead atoms. The lowest BCUT2D eigenvalue weighted by Crippen LogP contribution is -2.06. The van der Waals surface area contributed by atoms with Gasteiger partial charge >= 0.3 is 5.97 Å². The molecule has 120 valence electrons. The van der Waals surface area contributed by atoms with Crippen LogP contribution < -0.4 is 0 Å². The first-order valence-corrected chi connectivity index (χ1v) is 7.88. The molecule has 1 aliphatic rings. The Morgan fingerprint density at radius 1 is 1.23 bits per heavy atom. The van der Waals surface area contributed by atoms with Gasteiger partial charge in [-0.15, -0.1) is 0 Å². The fourth-order valence-electron chi connectivity index (χ4n) is 2.26. The molecule has 2 rings (SSSR count). The van der Waals surface area contributed by atoms with Gasteiger partial charge in [0.15, 0.2) is 0 Å². The first-order chi connectivity index (χ1) is 10.7. The van der Waals surface area contributed by atoms with Crippen molar-refractivity contribution in [3.63, 3.8) is 0 Å². The SMILES string of the molecule is CC.COC(=O)Cc1ccc(CCC2=CCCC=C2)cc1F. The van der Waals surface area contributed by atoms with Crippen LogP contribution in [0.5, 0.6) is 0 Å². The number of allylic oxidation sites excluding steroid dienone is 4. The summed E-state index contributed by atoms with van der Waals surface area (Å²) in [6.07, 6.45) is 10.5. The van der Waals surface area contributed by atoms with Crippen LogP contribution in [-0.2, 0) is 22.4 Å². The maximum Gasteiger partial charge on any atom is 0.310 e. The summed E-state index contributed by atoms with van der Waals surface area (Å²) in [4.78, 5) is 11.1. The quantitative estimate of drug-likeness (QED) is 0.732. The predicted molar refractivity (Wildman–Crippen MR) is 88.2 cm³/mol.